The Kier molecular flexibility index (Phi) is 12.8. The highest BCUT2D eigenvalue weighted by atomic mass is 16.5. The standard InChI is InChI=1S/C34H66N4O3/c1-24(9-5-17-38-4)27-10-11-28-32-29(23-31(34(27,28)3)41-20-8-16-37)33(2)13-12-26(39-18-6-14-35)21-25(33)22-30(32)40-19-7-15-36/h24-32,38H,5-23,35-37H2,1-4H3/t24-,25+,26-,27-,28+,29+,30-,31+,32+,33+,34-/m1/s1. The van der Waals surface area contributed by atoms with E-state index in [0.29, 0.717) is 78.9 Å². The minimum atomic E-state index is 0.191. The van der Waals surface area contributed by atoms with E-state index in [1.54, 1.807) is 0 Å². The fourth-order valence-corrected chi connectivity index (χ4v) is 10.4. The van der Waals surface area contributed by atoms with Crippen molar-refractivity contribution in [3.05, 3.63) is 0 Å². The molecular weight excluding hydrogens is 512 g/mol. The lowest BCUT2D eigenvalue weighted by molar-refractivity contribution is -0.227. The van der Waals surface area contributed by atoms with Crippen molar-refractivity contribution >= 4 is 0 Å². The van der Waals surface area contributed by atoms with E-state index >= 15 is 0 Å². The molecule has 4 rings (SSSR count). The van der Waals surface area contributed by atoms with Gasteiger partial charge in [0.1, 0.15) is 0 Å². The molecule has 0 aliphatic heterocycles. The van der Waals surface area contributed by atoms with Crippen LogP contribution in [0.2, 0.25) is 0 Å². The highest BCUT2D eigenvalue weighted by Gasteiger charge is 2.66. The van der Waals surface area contributed by atoms with Crippen molar-refractivity contribution < 1.29 is 14.2 Å². The van der Waals surface area contributed by atoms with Crippen LogP contribution in [0.3, 0.4) is 0 Å². The Bertz CT molecular complexity index is 772. The van der Waals surface area contributed by atoms with Gasteiger partial charge in [-0.1, -0.05) is 20.8 Å². The second-order valence-corrected chi connectivity index (χ2v) is 14.7. The van der Waals surface area contributed by atoms with Crippen LogP contribution in [0.4, 0.5) is 0 Å². The summed E-state index contributed by atoms with van der Waals surface area (Å²) in [4.78, 5) is 0. The molecule has 0 amide bonds. The van der Waals surface area contributed by atoms with Gasteiger partial charge < -0.3 is 36.7 Å². The van der Waals surface area contributed by atoms with E-state index in [-0.39, 0.29) is 5.41 Å². The Morgan fingerprint density at radius 3 is 2.17 bits per heavy atom. The van der Waals surface area contributed by atoms with Crippen molar-refractivity contribution in [2.75, 3.05) is 53.0 Å². The van der Waals surface area contributed by atoms with Gasteiger partial charge in [-0.25, -0.2) is 0 Å². The molecule has 0 unspecified atom stereocenters. The third-order valence-electron chi connectivity index (χ3n) is 12.6. The van der Waals surface area contributed by atoms with Crippen LogP contribution < -0.4 is 22.5 Å². The molecule has 0 aromatic rings. The van der Waals surface area contributed by atoms with Crippen LogP contribution in [0.15, 0.2) is 0 Å². The van der Waals surface area contributed by atoms with Gasteiger partial charge in [-0.3, -0.25) is 0 Å². The predicted molar refractivity (Wildman–Crippen MR) is 169 cm³/mol. The molecule has 0 heterocycles. The molecule has 240 valence electrons. The van der Waals surface area contributed by atoms with Crippen LogP contribution in [0.25, 0.3) is 0 Å². The molecule has 0 aromatic carbocycles. The molecule has 4 fully saturated rings. The van der Waals surface area contributed by atoms with Gasteiger partial charge in [-0.15, -0.1) is 0 Å². The van der Waals surface area contributed by atoms with Crippen molar-refractivity contribution in [2.45, 2.75) is 116 Å². The summed E-state index contributed by atoms with van der Waals surface area (Å²) < 4.78 is 20.2. The van der Waals surface area contributed by atoms with Gasteiger partial charge in [0.15, 0.2) is 0 Å². The van der Waals surface area contributed by atoms with Crippen LogP contribution in [0.1, 0.15) is 97.8 Å². The van der Waals surface area contributed by atoms with Crippen molar-refractivity contribution in [3.8, 4) is 0 Å². The molecule has 7 nitrogen and oxygen atoms in total. The molecule has 0 aromatic heterocycles. The third-order valence-corrected chi connectivity index (χ3v) is 12.6. The lowest BCUT2D eigenvalue weighted by atomic mass is 9.43. The molecular formula is C34H66N4O3. The molecule has 0 radical (unpaired) electrons. The van der Waals surface area contributed by atoms with E-state index in [1.807, 2.05) is 0 Å². The van der Waals surface area contributed by atoms with Gasteiger partial charge in [0.25, 0.3) is 0 Å². The molecule has 7 heteroatoms. The molecule has 0 spiro atoms. The zero-order valence-corrected chi connectivity index (χ0v) is 27.1. The summed E-state index contributed by atoms with van der Waals surface area (Å²) >= 11 is 0. The van der Waals surface area contributed by atoms with Crippen molar-refractivity contribution in [1.82, 2.24) is 5.32 Å². The number of ether oxygens (including phenoxy) is 3. The van der Waals surface area contributed by atoms with Gasteiger partial charge in [0.2, 0.25) is 0 Å². The molecule has 7 N–H and O–H groups in total. The minimum Gasteiger partial charge on any atom is -0.378 e. The maximum atomic E-state index is 6.95. The summed E-state index contributed by atoms with van der Waals surface area (Å²) in [5.41, 5.74) is 18.1. The molecule has 0 bridgehead atoms. The van der Waals surface area contributed by atoms with Gasteiger partial charge in [-0.05, 0) is 151 Å². The topological polar surface area (TPSA) is 118 Å². The van der Waals surface area contributed by atoms with Crippen LogP contribution in [0, 0.1) is 46.3 Å². The van der Waals surface area contributed by atoms with Crippen molar-refractivity contribution in [2.24, 2.45) is 63.5 Å². The van der Waals surface area contributed by atoms with Gasteiger partial charge in [0, 0.05) is 25.2 Å². The lowest BCUT2D eigenvalue weighted by Gasteiger charge is -2.65. The normalized spacial score (nSPS) is 41.0. The largest absolute Gasteiger partial charge is 0.378 e. The maximum absolute atomic E-state index is 6.95. The second kappa shape index (κ2) is 15.6. The van der Waals surface area contributed by atoms with Crippen LogP contribution in [-0.4, -0.2) is 71.4 Å². The first kappa shape index (κ1) is 33.6. The molecule has 4 aliphatic rings. The number of hydrogen-bond acceptors (Lipinski definition) is 7. The smallest absolute Gasteiger partial charge is 0.0637 e. The number of hydrogen-bond donors (Lipinski definition) is 4. The van der Waals surface area contributed by atoms with Gasteiger partial charge >= 0.3 is 0 Å². The zero-order chi connectivity index (χ0) is 29.5. The first-order valence-corrected chi connectivity index (χ1v) is 17.4. The highest BCUT2D eigenvalue weighted by molar-refractivity contribution is 5.15. The fraction of sp³-hybridized carbons (Fsp3) is 1.00. The summed E-state index contributed by atoms with van der Waals surface area (Å²) in [6.45, 7) is 13.4. The fourth-order valence-electron chi connectivity index (χ4n) is 10.4. The number of nitrogens with one attached hydrogen (secondary N) is 1. The van der Waals surface area contributed by atoms with Gasteiger partial charge in [0.05, 0.1) is 18.3 Å². The Morgan fingerprint density at radius 1 is 0.805 bits per heavy atom. The number of nitrogens with two attached hydrogens (primary N) is 3. The SMILES string of the molecule is CNCCC[C@@H](C)[C@H]1CC[C@H]2[C@@H]3[C@H](OCCCN)C[C@@H]4C[C@H](OCCCN)CC[C@]4(C)[C@H]3C[C@H](OCCCN)[C@]12C. The van der Waals surface area contributed by atoms with E-state index in [1.165, 1.54) is 51.4 Å². The average molecular weight is 579 g/mol. The minimum absolute atomic E-state index is 0.191. The Hall–Kier alpha value is -0.280. The molecule has 11 atom stereocenters. The lowest BCUT2D eigenvalue weighted by Crippen LogP contribution is -2.63. The van der Waals surface area contributed by atoms with E-state index in [4.69, 9.17) is 31.4 Å². The number of fused-ring (bicyclic) bond motifs is 5. The molecule has 41 heavy (non-hydrogen) atoms. The van der Waals surface area contributed by atoms with E-state index < -0.39 is 0 Å². The summed E-state index contributed by atoms with van der Waals surface area (Å²) in [5, 5.41) is 3.36. The first-order valence-electron chi connectivity index (χ1n) is 17.4. The summed E-state index contributed by atoms with van der Waals surface area (Å²) in [7, 11) is 2.07. The third kappa shape index (κ3) is 7.18. The van der Waals surface area contributed by atoms with E-state index in [0.717, 1.165) is 52.0 Å². The quantitative estimate of drug-likeness (QED) is 0.185. The van der Waals surface area contributed by atoms with E-state index in [9.17, 15) is 0 Å². The maximum Gasteiger partial charge on any atom is 0.0637 e. The summed E-state index contributed by atoms with van der Waals surface area (Å²) in [5.74, 6) is 3.94. The Morgan fingerprint density at radius 2 is 1.49 bits per heavy atom. The zero-order valence-electron chi connectivity index (χ0n) is 27.1. The van der Waals surface area contributed by atoms with Crippen LogP contribution in [0.5, 0.6) is 0 Å². The van der Waals surface area contributed by atoms with Gasteiger partial charge in [-0.2, -0.15) is 0 Å². The van der Waals surface area contributed by atoms with Crippen molar-refractivity contribution in [1.29, 1.82) is 0 Å². The number of rotatable bonds is 17. The second-order valence-electron chi connectivity index (χ2n) is 14.7. The van der Waals surface area contributed by atoms with Crippen LogP contribution in [-0.2, 0) is 14.2 Å². The van der Waals surface area contributed by atoms with Crippen LogP contribution >= 0.6 is 0 Å². The molecule has 4 saturated carbocycles. The summed E-state index contributed by atoms with van der Waals surface area (Å²) in [6.07, 6.45) is 14.9. The van der Waals surface area contributed by atoms with Crippen molar-refractivity contribution in [3.63, 3.8) is 0 Å². The monoisotopic (exact) mass is 579 g/mol. The Labute approximate surface area is 252 Å². The predicted octanol–water partition coefficient (Wildman–Crippen LogP) is 4.70. The highest BCUT2D eigenvalue weighted by Crippen LogP contribution is 2.69. The molecule has 4 aliphatic carbocycles. The Balaban J connectivity index is 1.63. The average Bonchev–Trinajstić information content (AvgIpc) is 3.32. The van der Waals surface area contributed by atoms with E-state index in [2.05, 4.69) is 33.1 Å². The molecule has 0 saturated heterocycles. The first-order chi connectivity index (χ1) is 19.8. The summed E-state index contributed by atoms with van der Waals surface area (Å²) in [6, 6.07) is 0.